The second-order valence-corrected chi connectivity index (χ2v) is 8.07. The number of aromatic nitrogens is 1. The number of thiophene rings is 1. The normalized spacial score (nSPS) is 11.7. The molecule has 2 heterocycles. The lowest BCUT2D eigenvalue weighted by molar-refractivity contribution is 1.26. The number of aryl methyl sites for hydroxylation is 2. The number of rotatable bonds is 1. The standard InChI is InChI=1S/C24H19NS/c1-14-12-17(13-15(2)16(14)3)23-24-22(18-8-4-6-10-20(18)25-23)19-9-5-7-11-21(19)26-24/h4-13H,1-3H3. The molecule has 5 rings (SSSR count). The van der Waals surface area contributed by atoms with Crippen LogP contribution < -0.4 is 0 Å². The van der Waals surface area contributed by atoms with Crippen molar-refractivity contribution in [1.29, 1.82) is 0 Å². The van der Waals surface area contributed by atoms with Crippen LogP contribution in [0.15, 0.2) is 60.7 Å². The fraction of sp³-hybridized carbons (Fsp3) is 0.125. The van der Waals surface area contributed by atoms with Gasteiger partial charge in [-0.1, -0.05) is 36.4 Å². The fourth-order valence-corrected chi connectivity index (χ4v) is 5.03. The first-order chi connectivity index (χ1) is 12.6. The SMILES string of the molecule is Cc1cc(-c2nc3ccccc3c3c2sc2ccccc23)cc(C)c1C. The average Bonchev–Trinajstić information content (AvgIpc) is 3.05. The van der Waals surface area contributed by atoms with E-state index in [0.29, 0.717) is 0 Å². The number of hydrogen-bond donors (Lipinski definition) is 0. The highest BCUT2D eigenvalue weighted by atomic mass is 32.1. The van der Waals surface area contributed by atoms with Gasteiger partial charge in [-0.3, -0.25) is 0 Å². The molecular weight excluding hydrogens is 334 g/mol. The van der Waals surface area contributed by atoms with Crippen LogP contribution in [0.1, 0.15) is 16.7 Å². The monoisotopic (exact) mass is 353 g/mol. The third kappa shape index (κ3) is 2.19. The van der Waals surface area contributed by atoms with Gasteiger partial charge in [0.15, 0.2) is 0 Å². The molecule has 0 bridgehead atoms. The van der Waals surface area contributed by atoms with Crippen LogP contribution in [0.3, 0.4) is 0 Å². The summed E-state index contributed by atoms with van der Waals surface area (Å²) < 4.78 is 2.61. The molecule has 0 amide bonds. The van der Waals surface area contributed by atoms with Crippen molar-refractivity contribution in [2.24, 2.45) is 0 Å². The Morgan fingerprint density at radius 2 is 1.42 bits per heavy atom. The predicted octanol–water partition coefficient (Wildman–Crippen LogP) is 7.19. The van der Waals surface area contributed by atoms with E-state index < -0.39 is 0 Å². The highest BCUT2D eigenvalue weighted by Crippen LogP contribution is 2.42. The number of fused-ring (bicyclic) bond motifs is 5. The van der Waals surface area contributed by atoms with Gasteiger partial charge in [0.2, 0.25) is 0 Å². The number of benzene rings is 3. The summed E-state index contributed by atoms with van der Waals surface area (Å²) in [7, 11) is 0. The number of pyridine rings is 1. The Kier molecular flexibility index (Phi) is 3.38. The molecule has 126 valence electrons. The van der Waals surface area contributed by atoms with E-state index in [4.69, 9.17) is 4.98 Å². The first-order valence-electron chi connectivity index (χ1n) is 8.91. The van der Waals surface area contributed by atoms with Gasteiger partial charge in [0, 0.05) is 26.4 Å². The van der Waals surface area contributed by atoms with E-state index in [2.05, 4.69) is 81.4 Å². The first kappa shape index (κ1) is 15.5. The van der Waals surface area contributed by atoms with Crippen molar-refractivity contribution in [1.82, 2.24) is 4.98 Å². The maximum atomic E-state index is 5.09. The smallest absolute Gasteiger partial charge is 0.0888 e. The first-order valence-corrected chi connectivity index (χ1v) is 9.73. The van der Waals surface area contributed by atoms with Crippen molar-refractivity contribution >= 4 is 42.4 Å². The van der Waals surface area contributed by atoms with Crippen molar-refractivity contribution in [3.05, 3.63) is 77.4 Å². The topological polar surface area (TPSA) is 12.9 Å². The quantitative estimate of drug-likeness (QED) is 0.310. The van der Waals surface area contributed by atoms with Gasteiger partial charge in [0.05, 0.1) is 15.9 Å². The molecule has 0 saturated carbocycles. The van der Waals surface area contributed by atoms with Crippen molar-refractivity contribution < 1.29 is 0 Å². The number of hydrogen-bond acceptors (Lipinski definition) is 2. The Balaban J connectivity index is 1.99. The Bertz CT molecular complexity index is 1290. The number of para-hydroxylation sites is 1. The van der Waals surface area contributed by atoms with E-state index in [9.17, 15) is 0 Å². The summed E-state index contributed by atoms with van der Waals surface area (Å²) in [4.78, 5) is 5.09. The molecule has 0 spiro atoms. The average molecular weight is 353 g/mol. The zero-order valence-electron chi connectivity index (χ0n) is 15.1. The molecule has 0 unspecified atom stereocenters. The van der Waals surface area contributed by atoms with E-state index in [-0.39, 0.29) is 0 Å². The molecule has 2 heteroatoms. The van der Waals surface area contributed by atoms with Crippen LogP contribution in [-0.4, -0.2) is 4.98 Å². The van der Waals surface area contributed by atoms with Gasteiger partial charge in [0.1, 0.15) is 0 Å². The maximum Gasteiger partial charge on any atom is 0.0888 e. The third-order valence-electron chi connectivity index (χ3n) is 5.42. The highest BCUT2D eigenvalue weighted by molar-refractivity contribution is 7.26. The van der Waals surface area contributed by atoms with E-state index in [1.54, 1.807) is 0 Å². The van der Waals surface area contributed by atoms with Gasteiger partial charge in [-0.15, -0.1) is 11.3 Å². The molecule has 3 aromatic carbocycles. The second-order valence-electron chi connectivity index (χ2n) is 7.01. The minimum absolute atomic E-state index is 1.06. The van der Waals surface area contributed by atoms with Gasteiger partial charge in [-0.2, -0.15) is 0 Å². The molecule has 0 aliphatic heterocycles. The largest absolute Gasteiger partial charge is 0.246 e. The van der Waals surface area contributed by atoms with Crippen LogP contribution in [0.4, 0.5) is 0 Å². The Labute approximate surface area is 156 Å². The molecule has 0 atom stereocenters. The second kappa shape index (κ2) is 5.65. The molecule has 0 radical (unpaired) electrons. The summed E-state index contributed by atoms with van der Waals surface area (Å²) in [5.41, 5.74) is 7.39. The molecule has 2 aromatic heterocycles. The highest BCUT2D eigenvalue weighted by Gasteiger charge is 2.16. The summed E-state index contributed by atoms with van der Waals surface area (Å²) in [6, 6.07) is 21.8. The van der Waals surface area contributed by atoms with E-state index >= 15 is 0 Å². The molecule has 0 saturated heterocycles. The van der Waals surface area contributed by atoms with Crippen LogP contribution in [0.2, 0.25) is 0 Å². The van der Waals surface area contributed by atoms with Crippen molar-refractivity contribution in [3.8, 4) is 11.3 Å². The van der Waals surface area contributed by atoms with Crippen LogP contribution in [0.5, 0.6) is 0 Å². The summed E-state index contributed by atoms with van der Waals surface area (Å²) in [5.74, 6) is 0. The van der Waals surface area contributed by atoms with Gasteiger partial charge < -0.3 is 0 Å². The summed E-state index contributed by atoms with van der Waals surface area (Å²) in [6.07, 6.45) is 0. The third-order valence-corrected chi connectivity index (χ3v) is 6.59. The lowest BCUT2D eigenvalue weighted by atomic mass is 9.97. The molecule has 0 fully saturated rings. The summed E-state index contributed by atoms with van der Waals surface area (Å²) in [6.45, 7) is 6.57. The van der Waals surface area contributed by atoms with E-state index in [1.807, 2.05) is 11.3 Å². The fourth-order valence-electron chi connectivity index (χ4n) is 3.80. The summed E-state index contributed by atoms with van der Waals surface area (Å²) >= 11 is 1.85. The Morgan fingerprint density at radius 3 is 2.19 bits per heavy atom. The van der Waals surface area contributed by atoms with E-state index in [0.717, 1.165) is 11.2 Å². The van der Waals surface area contributed by atoms with Gasteiger partial charge in [-0.05, 0) is 61.7 Å². The van der Waals surface area contributed by atoms with Crippen molar-refractivity contribution in [2.45, 2.75) is 20.8 Å². The molecule has 26 heavy (non-hydrogen) atoms. The molecular formula is C24H19NS. The van der Waals surface area contributed by atoms with Crippen LogP contribution >= 0.6 is 11.3 Å². The van der Waals surface area contributed by atoms with Gasteiger partial charge in [0.25, 0.3) is 0 Å². The van der Waals surface area contributed by atoms with Gasteiger partial charge in [-0.25, -0.2) is 4.98 Å². The zero-order valence-corrected chi connectivity index (χ0v) is 15.9. The lowest BCUT2D eigenvalue weighted by Crippen LogP contribution is -1.92. The minimum atomic E-state index is 1.06. The van der Waals surface area contributed by atoms with E-state index in [1.165, 1.54) is 47.8 Å². The number of nitrogens with zero attached hydrogens (tertiary/aromatic N) is 1. The summed E-state index contributed by atoms with van der Waals surface area (Å²) in [5, 5.41) is 3.90. The molecule has 0 aliphatic rings. The van der Waals surface area contributed by atoms with Crippen molar-refractivity contribution in [2.75, 3.05) is 0 Å². The minimum Gasteiger partial charge on any atom is -0.246 e. The Morgan fingerprint density at radius 1 is 0.769 bits per heavy atom. The van der Waals surface area contributed by atoms with Crippen molar-refractivity contribution in [3.63, 3.8) is 0 Å². The predicted molar refractivity (Wildman–Crippen MR) is 114 cm³/mol. The molecule has 1 nitrogen and oxygen atoms in total. The maximum absolute atomic E-state index is 5.09. The van der Waals surface area contributed by atoms with Crippen LogP contribution in [0.25, 0.3) is 42.3 Å². The molecule has 0 aliphatic carbocycles. The Hall–Kier alpha value is -2.71. The lowest BCUT2D eigenvalue weighted by Gasteiger charge is -2.11. The zero-order chi connectivity index (χ0) is 17.8. The molecule has 5 aromatic rings. The molecule has 0 N–H and O–H groups in total. The van der Waals surface area contributed by atoms with Crippen LogP contribution in [-0.2, 0) is 0 Å². The van der Waals surface area contributed by atoms with Gasteiger partial charge >= 0.3 is 0 Å². The van der Waals surface area contributed by atoms with Crippen LogP contribution in [0, 0.1) is 20.8 Å².